The van der Waals surface area contributed by atoms with E-state index < -0.39 is 11.9 Å². The molecule has 1 heterocycles. The molecule has 0 saturated carbocycles. The van der Waals surface area contributed by atoms with Crippen molar-refractivity contribution in [2.75, 3.05) is 12.3 Å². The number of likely N-dealkylation sites (tertiary alicyclic amines) is 1. The van der Waals surface area contributed by atoms with Gasteiger partial charge in [-0.05, 0) is 31.9 Å². The first-order valence-corrected chi connectivity index (χ1v) is 8.39. The highest BCUT2D eigenvalue weighted by Gasteiger charge is 2.34. The first-order valence-electron chi connectivity index (χ1n) is 7.40. The van der Waals surface area contributed by atoms with E-state index in [2.05, 4.69) is 0 Å². The number of aliphatic carboxylic acids is 1. The molecule has 6 heteroatoms. The maximum Gasteiger partial charge on any atom is 0.308 e. The Bertz CT molecular complexity index is 552. The summed E-state index contributed by atoms with van der Waals surface area (Å²) in [5, 5.41) is 9.18. The highest BCUT2D eigenvalue weighted by Crippen LogP contribution is 2.26. The molecule has 2 atom stereocenters. The van der Waals surface area contributed by atoms with Crippen molar-refractivity contribution in [3.05, 3.63) is 30.1 Å². The molecule has 0 aliphatic carbocycles. The van der Waals surface area contributed by atoms with Crippen molar-refractivity contribution in [3.8, 4) is 0 Å². The maximum atomic E-state index is 13.5. The summed E-state index contributed by atoms with van der Waals surface area (Å²) in [6.45, 7) is 2.40. The molecule has 1 aromatic carbocycles. The molecule has 0 spiro atoms. The number of halogens is 1. The number of hydrogen-bond acceptors (Lipinski definition) is 3. The van der Waals surface area contributed by atoms with Crippen molar-refractivity contribution in [2.45, 2.75) is 37.1 Å². The largest absolute Gasteiger partial charge is 0.481 e. The van der Waals surface area contributed by atoms with Crippen LogP contribution < -0.4 is 0 Å². The molecule has 0 bridgehead atoms. The van der Waals surface area contributed by atoms with Crippen LogP contribution in [0.2, 0.25) is 0 Å². The zero-order chi connectivity index (χ0) is 16.1. The molecule has 1 fully saturated rings. The van der Waals surface area contributed by atoms with E-state index in [9.17, 15) is 19.1 Å². The van der Waals surface area contributed by atoms with Gasteiger partial charge in [0.05, 0.1) is 5.92 Å². The van der Waals surface area contributed by atoms with Gasteiger partial charge in [-0.3, -0.25) is 9.59 Å². The van der Waals surface area contributed by atoms with Crippen LogP contribution in [0.5, 0.6) is 0 Å². The Morgan fingerprint density at radius 3 is 2.82 bits per heavy atom. The number of rotatable bonds is 5. The van der Waals surface area contributed by atoms with Gasteiger partial charge in [0, 0.05) is 29.7 Å². The van der Waals surface area contributed by atoms with Crippen LogP contribution in [0.1, 0.15) is 26.2 Å². The minimum Gasteiger partial charge on any atom is -0.481 e. The van der Waals surface area contributed by atoms with Gasteiger partial charge in [0.15, 0.2) is 0 Å². The first-order chi connectivity index (χ1) is 10.5. The standard InChI is InChI=1S/C16H20FNO3S/c1-11-12(16(20)21)5-4-9-18(11)15(19)8-10-22-14-7-3-2-6-13(14)17/h2-3,6-7,11-12H,4-5,8-10H2,1H3,(H,20,21)/t11-,12-/m1/s1. The van der Waals surface area contributed by atoms with Crippen molar-refractivity contribution in [2.24, 2.45) is 5.92 Å². The average molecular weight is 325 g/mol. The number of hydrogen-bond donors (Lipinski definition) is 1. The second-order valence-electron chi connectivity index (χ2n) is 5.44. The van der Waals surface area contributed by atoms with Crippen molar-refractivity contribution in [1.29, 1.82) is 0 Å². The summed E-state index contributed by atoms with van der Waals surface area (Å²) in [7, 11) is 0. The minimum absolute atomic E-state index is 0.0534. The molecule has 0 unspecified atom stereocenters. The zero-order valence-corrected chi connectivity index (χ0v) is 13.3. The lowest BCUT2D eigenvalue weighted by atomic mass is 9.90. The van der Waals surface area contributed by atoms with Crippen LogP contribution in [0.4, 0.5) is 4.39 Å². The average Bonchev–Trinajstić information content (AvgIpc) is 2.49. The lowest BCUT2D eigenvalue weighted by molar-refractivity contribution is -0.148. The summed E-state index contributed by atoms with van der Waals surface area (Å²) in [6, 6.07) is 6.20. The highest BCUT2D eigenvalue weighted by atomic mass is 32.2. The fourth-order valence-electron chi connectivity index (χ4n) is 2.78. The van der Waals surface area contributed by atoms with E-state index in [1.807, 2.05) is 0 Å². The second-order valence-corrected chi connectivity index (χ2v) is 6.58. The summed E-state index contributed by atoms with van der Waals surface area (Å²) in [5.41, 5.74) is 0. The maximum absolute atomic E-state index is 13.5. The van der Waals surface area contributed by atoms with E-state index in [1.165, 1.54) is 17.8 Å². The molecular formula is C16H20FNO3S. The molecule has 0 radical (unpaired) electrons. The molecule has 1 saturated heterocycles. The fraction of sp³-hybridized carbons (Fsp3) is 0.500. The number of thioether (sulfide) groups is 1. The number of amides is 1. The van der Waals surface area contributed by atoms with Gasteiger partial charge in [-0.1, -0.05) is 12.1 Å². The third-order valence-electron chi connectivity index (χ3n) is 4.04. The fourth-order valence-corrected chi connectivity index (χ4v) is 3.66. The van der Waals surface area contributed by atoms with Crippen LogP contribution in [-0.4, -0.2) is 40.2 Å². The van der Waals surface area contributed by atoms with Crippen molar-refractivity contribution < 1.29 is 19.1 Å². The monoisotopic (exact) mass is 325 g/mol. The van der Waals surface area contributed by atoms with Gasteiger partial charge in [0.2, 0.25) is 5.91 Å². The van der Waals surface area contributed by atoms with Crippen LogP contribution >= 0.6 is 11.8 Å². The number of carboxylic acids is 1. The Balaban J connectivity index is 1.87. The normalized spacial score (nSPS) is 21.6. The SMILES string of the molecule is C[C@@H]1[C@H](C(=O)O)CCCN1C(=O)CCSc1ccccc1F. The highest BCUT2D eigenvalue weighted by molar-refractivity contribution is 7.99. The molecule has 0 aromatic heterocycles. The third-order valence-corrected chi connectivity index (χ3v) is 5.09. The molecule has 1 aromatic rings. The van der Waals surface area contributed by atoms with E-state index >= 15 is 0 Å². The van der Waals surface area contributed by atoms with Crippen molar-refractivity contribution >= 4 is 23.6 Å². The molecule has 1 amide bonds. The number of nitrogens with zero attached hydrogens (tertiary/aromatic N) is 1. The minimum atomic E-state index is -0.842. The second kappa shape index (κ2) is 7.63. The molecule has 2 rings (SSSR count). The van der Waals surface area contributed by atoms with Gasteiger partial charge in [-0.15, -0.1) is 11.8 Å². The van der Waals surface area contributed by atoms with Gasteiger partial charge < -0.3 is 10.0 Å². The Morgan fingerprint density at radius 1 is 1.41 bits per heavy atom. The summed E-state index contributed by atoms with van der Waals surface area (Å²) in [5.74, 6) is -1.18. The summed E-state index contributed by atoms with van der Waals surface area (Å²) >= 11 is 1.31. The lowest BCUT2D eigenvalue weighted by Crippen LogP contribution is -2.49. The van der Waals surface area contributed by atoms with Gasteiger partial charge in [0.1, 0.15) is 5.82 Å². The molecular weight excluding hydrogens is 305 g/mol. The van der Waals surface area contributed by atoms with Gasteiger partial charge in [-0.2, -0.15) is 0 Å². The third kappa shape index (κ3) is 4.00. The molecule has 22 heavy (non-hydrogen) atoms. The van der Waals surface area contributed by atoms with Crippen LogP contribution in [0.3, 0.4) is 0 Å². The Labute approximate surface area is 133 Å². The van der Waals surface area contributed by atoms with Gasteiger partial charge >= 0.3 is 5.97 Å². The van der Waals surface area contributed by atoms with Crippen LogP contribution in [0.25, 0.3) is 0 Å². The number of benzene rings is 1. The summed E-state index contributed by atoms with van der Waals surface area (Å²) in [4.78, 5) is 25.7. The van der Waals surface area contributed by atoms with Crippen molar-refractivity contribution in [3.63, 3.8) is 0 Å². The quantitative estimate of drug-likeness (QED) is 0.846. The number of carbonyl (C=O) groups is 2. The topological polar surface area (TPSA) is 57.6 Å². The Morgan fingerprint density at radius 2 is 2.14 bits per heavy atom. The van der Waals surface area contributed by atoms with Gasteiger partial charge in [-0.25, -0.2) is 4.39 Å². The summed E-state index contributed by atoms with van der Waals surface area (Å²) in [6.07, 6.45) is 1.62. The number of carboxylic acid groups (broad SMARTS) is 1. The summed E-state index contributed by atoms with van der Waals surface area (Å²) < 4.78 is 13.5. The van der Waals surface area contributed by atoms with Gasteiger partial charge in [0.25, 0.3) is 0 Å². The van der Waals surface area contributed by atoms with Crippen LogP contribution in [0.15, 0.2) is 29.2 Å². The first kappa shape index (κ1) is 16.8. The number of piperidine rings is 1. The van der Waals surface area contributed by atoms with Crippen LogP contribution in [0, 0.1) is 11.7 Å². The molecule has 1 aliphatic rings. The predicted octanol–water partition coefficient (Wildman–Crippen LogP) is 3.02. The Kier molecular flexibility index (Phi) is 5.83. The lowest BCUT2D eigenvalue weighted by Gasteiger charge is -2.37. The zero-order valence-electron chi connectivity index (χ0n) is 12.5. The van der Waals surface area contributed by atoms with E-state index in [0.717, 1.165) is 0 Å². The molecule has 120 valence electrons. The molecule has 1 N–H and O–H groups in total. The smallest absolute Gasteiger partial charge is 0.308 e. The van der Waals surface area contributed by atoms with E-state index in [4.69, 9.17) is 0 Å². The van der Waals surface area contributed by atoms with E-state index in [0.29, 0.717) is 30.0 Å². The molecule has 1 aliphatic heterocycles. The van der Waals surface area contributed by atoms with Crippen LogP contribution in [-0.2, 0) is 9.59 Å². The van der Waals surface area contributed by atoms with E-state index in [-0.39, 0.29) is 24.2 Å². The Hall–Kier alpha value is -1.56. The predicted molar refractivity (Wildman–Crippen MR) is 83.3 cm³/mol. The van der Waals surface area contributed by atoms with E-state index in [1.54, 1.807) is 30.0 Å². The van der Waals surface area contributed by atoms with Crippen molar-refractivity contribution in [1.82, 2.24) is 4.90 Å². The molecule has 4 nitrogen and oxygen atoms in total. The number of carbonyl (C=O) groups excluding carboxylic acids is 1.